The van der Waals surface area contributed by atoms with Crippen LogP contribution in [-0.4, -0.2) is 29.8 Å². The van der Waals surface area contributed by atoms with E-state index < -0.39 is 5.60 Å². The Hall–Kier alpha value is -0.820. The molecule has 0 fully saturated rings. The van der Waals surface area contributed by atoms with Crippen LogP contribution < -0.4 is 10.6 Å². The number of guanidine groups is 1. The zero-order valence-electron chi connectivity index (χ0n) is 15.0. The fraction of sp³-hybridized carbons (Fsp3) is 0.611. The fourth-order valence-corrected chi connectivity index (χ4v) is 2.38. The van der Waals surface area contributed by atoms with Gasteiger partial charge >= 0.3 is 0 Å². The third-order valence-electron chi connectivity index (χ3n) is 4.20. The molecule has 1 aromatic rings. The van der Waals surface area contributed by atoms with E-state index in [1.807, 2.05) is 26.8 Å². The van der Waals surface area contributed by atoms with Crippen LogP contribution in [0.4, 0.5) is 0 Å². The maximum absolute atomic E-state index is 10.4. The van der Waals surface area contributed by atoms with Crippen LogP contribution in [0, 0.1) is 6.92 Å². The first kappa shape index (κ1) is 22.2. The molecule has 0 aromatic heterocycles. The van der Waals surface area contributed by atoms with E-state index >= 15 is 0 Å². The molecule has 5 heteroatoms. The molecule has 4 nitrogen and oxygen atoms in total. The summed E-state index contributed by atoms with van der Waals surface area (Å²) in [4.78, 5) is 4.57. The first-order chi connectivity index (χ1) is 10.5. The molecule has 0 spiro atoms. The highest BCUT2D eigenvalue weighted by molar-refractivity contribution is 14.0. The van der Waals surface area contributed by atoms with E-state index in [4.69, 9.17) is 0 Å². The van der Waals surface area contributed by atoms with E-state index in [1.165, 1.54) is 11.1 Å². The largest absolute Gasteiger partial charge is 0.388 e. The highest BCUT2D eigenvalue weighted by Crippen LogP contribution is 2.17. The van der Waals surface area contributed by atoms with Crippen molar-refractivity contribution in [3.05, 3.63) is 35.4 Å². The Labute approximate surface area is 158 Å². The summed E-state index contributed by atoms with van der Waals surface area (Å²) in [5.41, 5.74) is 1.81. The first-order valence-corrected chi connectivity index (χ1v) is 8.28. The van der Waals surface area contributed by atoms with Gasteiger partial charge in [0.05, 0.1) is 18.2 Å². The minimum Gasteiger partial charge on any atom is -0.388 e. The van der Waals surface area contributed by atoms with E-state index in [-0.39, 0.29) is 30.0 Å². The van der Waals surface area contributed by atoms with E-state index in [9.17, 15) is 5.11 Å². The number of aryl methyl sites for hydroxylation is 1. The number of benzene rings is 1. The molecule has 0 radical (unpaired) electrons. The van der Waals surface area contributed by atoms with Crippen molar-refractivity contribution < 1.29 is 5.11 Å². The minimum atomic E-state index is -0.714. The number of nitrogens with one attached hydrogen (secondary N) is 2. The predicted octanol–water partition coefficient (Wildman–Crippen LogP) is 3.78. The lowest BCUT2D eigenvalue weighted by Crippen LogP contribution is -2.41. The van der Waals surface area contributed by atoms with E-state index in [0.29, 0.717) is 19.4 Å². The van der Waals surface area contributed by atoms with Gasteiger partial charge < -0.3 is 15.7 Å². The van der Waals surface area contributed by atoms with Crippen LogP contribution in [0.5, 0.6) is 0 Å². The molecule has 3 N–H and O–H groups in total. The highest BCUT2D eigenvalue weighted by atomic mass is 127. The second kappa shape index (κ2) is 10.9. The molecule has 1 rings (SSSR count). The highest BCUT2D eigenvalue weighted by Gasteiger charge is 2.22. The maximum atomic E-state index is 10.4. The molecule has 0 amide bonds. The topological polar surface area (TPSA) is 56.7 Å². The van der Waals surface area contributed by atoms with Gasteiger partial charge in [-0.15, -0.1) is 24.0 Å². The van der Waals surface area contributed by atoms with Gasteiger partial charge in [0.15, 0.2) is 5.96 Å². The Morgan fingerprint density at radius 3 is 2.35 bits per heavy atom. The van der Waals surface area contributed by atoms with Crippen molar-refractivity contribution in [2.24, 2.45) is 4.99 Å². The molecule has 132 valence electrons. The molecule has 0 aliphatic heterocycles. The molecule has 1 atom stereocenters. The molecule has 1 aromatic carbocycles. The summed E-state index contributed by atoms with van der Waals surface area (Å²) in [5.74, 6) is 0.749. The van der Waals surface area contributed by atoms with Crippen molar-refractivity contribution in [1.82, 2.24) is 10.6 Å². The number of nitrogens with zero attached hydrogens (tertiary/aromatic N) is 1. The lowest BCUT2D eigenvalue weighted by Gasteiger charge is -2.24. The van der Waals surface area contributed by atoms with Crippen molar-refractivity contribution in [3.8, 4) is 0 Å². The van der Waals surface area contributed by atoms with Gasteiger partial charge in [-0.1, -0.05) is 38.1 Å². The van der Waals surface area contributed by atoms with Crippen molar-refractivity contribution >= 4 is 29.9 Å². The number of hydrogen-bond donors (Lipinski definition) is 3. The van der Waals surface area contributed by atoms with Crippen LogP contribution in [0.25, 0.3) is 0 Å². The molecule has 1 unspecified atom stereocenters. The monoisotopic (exact) mass is 433 g/mol. The normalized spacial score (nSPS) is 13.2. The average Bonchev–Trinajstić information content (AvgIpc) is 2.53. The standard InChI is InChI=1S/C18H31N3O.HI/c1-6-18(22,7-2)13-20-17(19-8-3)21-15(5)16-12-10-9-11-14(16)4;/h9-12,15,22H,6-8,13H2,1-5H3,(H2,19,20,21);1H. The maximum Gasteiger partial charge on any atom is 0.191 e. The van der Waals surface area contributed by atoms with Gasteiger partial charge in [0.2, 0.25) is 0 Å². The third-order valence-corrected chi connectivity index (χ3v) is 4.20. The number of rotatable bonds is 7. The summed E-state index contributed by atoms with van der Waals surface area (Å²) in [6.45, 7) is 11.5. The van der Waals surface area contributed by atoms with E-state index in [2.05, 4.69) is 47.7 Å². The molecule has 0 aliphatic carbocycles. The first-order valence-electron chi connectivity index (χ1n) is 8.28. The fourth-order valence-electron chi connectivity index (χ4n) is 2.38. The molecule has 0 saturated carbocycles. The van der Waals surface area contributed by atoms with Gasteiger partial charge in [0.25, 0.3) is 0 Å². The Kier molecular flexibility index (Phi) is 10.5. The van der Waals surface area contributed by atoms with E-state index in [1.54, 1.807) is 0 Å². The summed E-state index contributed by atoms with van der Waals surface area (Å²) < 4.78 is 0. The molecule has 0 saturated heterocycles. The van der Waals surface area contributed by atoms with Gasteiger partial charge in [0, 0.05) is 6.54 Å². The smallest absolute Gasteiger partial charge is 0.191 e. The van der Waals surface area contributed by atoms with Gasteiger partial charge in [0.1, 0.15) is 0 Å². The third kappa shape index (κ3) is 7.08. The molecular formula is C18H32IN3O. The Balaban J connectivity index is 0.00000484. The number of hydrogen-bond acceptors (Lipinski definition) is 2. The van der Waals surface area contributed by atoms with Crippen LogP contribution in [-0.2, 0) is 0 Å². The van der Waals surface area contributed by atoms with Gasteiger partial charge in [-0.25, -0.2) is 0 Å². The van der Waals surface area contributed by atoms with Gasteiger partial charge in [-0.3, -0.25) is 4.99 Å². The molecule has 23 heavy (non-hydrogen) atoms. The van der Waals surface area contributed by atoms with Crippen molar-refractivity contribution in [2.75, 3.05) is 13.1 Å². The SMILES string of the molecule is CCNC(=NCC(O)(CC)CC)NC(C)c1ccccc1C.I. The summed E-state index contributed by atoms with van der Waals surface area (Å²) in [6, 6.07) is 8.51. The second-order valence-electron chi connectivity index (χ2n) is 5.85. The molecule has 0 bridgehead atoms. The number of aliphatic imine (C=N–C) groups is 1. The van der Waals surface area contributed by atoms with Crippen molar-refractivity contribution in [2.45, 2.75) is 59.1 Å². The van der Waals surface area contributed by atoms with Crippen LogP contribution >= 0.6 is 24.0 Å². The van der Waals surface area contributed by atoms with Gasteiger partial charge in [-0.2, -0.15) is 0 Å². The molecule has 0 heterocycles. The Bertz CT molecular complexity index is 487. The summed E-state index contributed by atoms with van der Waals surface area (Å²) in [5, 5.41) is 17.1. The minimum absolute atomic E-state index is 0. The van der Waals surface area contributed by atoms with Crippen LogP contribution in [0.3, 0.4) is 0 Å². The predicted molar refractivity (Wildman–Crippen MR) is 110 cm³/mol. The molecular weight excluding hydrogens is 401 g/mol. The molecule has 0 aliphatic rings. The Morgan fingerprint density at radius 1 is 1.22 bits per heavy atom. The van der Waals surface area contributed by atoms with Crippen molar-refractivity contribution in [3.63, 3.8) is 0 Å². The lowest BCUT2D eigenvalue weighted by atomic mass is 9.98. The van der Waals surface area contributed by atoms with Crippen LogP contribution in [0.15, 0.2) is 29.3 Å². The zero-order valence-corrected chi connectivity index (χ0v) is 17.3. The van der Waals surface area contributed by atoms with Crippen LogP contribution in [0.1, 0.15) is 57.7 Å². The zero-order chi connectivity index (χ0) is 16.6. The quantitative estimate of drug-likeness (QED) is 0.349. The summed E-state index contributed by atoms with van der Waals surface area (Å²) >= 11 is 0. The summed E-state index contributed by atoms with van der Waals surface area (Å²) in [7, 11) is 0. The van der Waals surface area contributed by atoms with E-state index in [0.717, 1.165) is 12.5 Å². The average molecular weight is 433 g/mol. The van der Waals surface area contributed by atoms with Crippen molar-refractivity contribution in [1.29, 1.82) is 0 Å². The number of aliphatic hydroxyl groups is 1. The Morgan fingerprint density at radius 2 is 1.83 bits per heavy atom. The number of halogens is 1. The van der Waals surface area contributed by atoms with Crippen LogP contribution in [0.2, 0.25) is 0 Å². The second-order valence-corrected chi connectivity index (χ2v) is 5.85. The van der Waals surface area contributed by atoms with Gasteiger partial charge in [-0.05, 0) is 44.7 Å². The lowest BCUT2D eigenvalue weighted by molar-refractivity contribution is 0.0418. The summed E-state index contributed by atoms with van der Waals surface area (Å²) in [6.07, 6.45) is 1.42.